The summed E-state index contributed by atoms with van der Waals surface area (Å²) in [6.45, 7) is 2.02. The molecule has 1 aliphatic carbocycles. The second-order valence-electron chi connectivity index (χ2n) is 7.51. The van der Waals surface area contributed by atoms with Crippen molar-refractivity contribution in [3.8, 4) is 0 Å². The van der Waals surface area contributed by atoms with Crippen LogP contribution in [0.1, 0.15) is 57.7 Å². The SMILES string of the molecule is CC1(C2NC(=O)c3cccc(NC(=O)c4cc(F)cc(C(F)(F)F)c4)c32)CC1. The minimum atomic E-state index is -4.77. The lowest BCUT2D eigenvalue weighted by molar-refractivity contribution is -0.137. The molecule has 8 heteroatoms. The van der Waals surface area contributed by atoms with E-state index in [4.69, 9.17) is 0 Å². The highest BCUT2D eigenvalue weighted by atomic mass is 19.4. The topological polar surface area (TPSA) is 58.2 Å². The molecule has 1 unspecified atom stereocenters. The number of anilines is 1. The van der Waals surface area contributed by atoms with E-state index in [2.05, 4.69) is 10.6 Å². The van der Waals surface area contributed by atoms with Gasteiger partial charge in [-0.1, -0.05) is 13.0 Å². The number of nitrogens with one attached hydrogen (secondary N) is 2. The summed E-state index contributed by atoms with van der Waals surface area (Å²) in [5, 5.41) is 5.46. The molecular weight excluding hydrogens is 376 g/mol. The molecule has 146 valence electrons. The van der Waals surface area contributed by atoms with E-state index >= 15 is 0 Å². The molecule has 0 spiro atoms. The largest absolute Gasteiger partial charge is 0.416 e. The van der Waals surface area contributed by atoms with Crippen LogP contribution in [0.25, 0.3) is 0 Å². The van der Waals surface area contributed by atoms with Crippen LogP contribution in [0.15, 0.2) is 36.4 Å². The van der Waals surface area contributed by atoms with Crippen molar-refractivity contribution in [2.45, 2.75) is 32.0 Å². The monoisotopic (exact) mass is 392 g/mol. The third kappa shape index (κ3) is 3.12. The van der Waals surface area contributed by atoms with E-state index in [1.54, 1.807) is 18.2 Å². The van der Waals surface area contributed by atoms with Gasteiger partial charge in [0.05, 0.1) is 11.6 Å². The highest BCUT2D eigenvalue weighted by molar-refractivity contribution is 6.07. The molecule has 1 atom stereocenters. The van der Waals surface area contributed by atoms with Gasteiger partial charge >= 0.3 is 6.18 Å². The van der Waals surface area contributed by atoms with E-state index in [1.807, 2.05) is 6.92 Å². The first-order chi connectivity index (χ1) is 13.1. The van der Waals surface area contributed by atoms with Crippen LogP contribution in [0.5, 0.6) is 0 Å². The minimum Gasteiger partial charge on any atom is -0.345 e. The second kappa shape index (κ2) is 6.05. The molecule has 1 heterocycles. The van der Waals surface area contributed by atoms with Crippen LogP contribution >= 0.6 is 0 Å². The summed E-state index contributed by atoms with van der Waals surface area (Å²) >= 11 is 0. The van der Waals surface area contributed by atoms with Crippen LogP contribution in [0.2, 0.25) is 0 Å². The Hall–Kier alpha value is -2.90. The first kappa shape index (κ1) is 18.5. The molecule has 2 aromatic carbocycles. The fourth-order valence-corrected chi connectivity index (χ4v) is 3.55. The molecule has 1 saturated carbocycles. The first-order valence-corrected chi connectivity index (χ1v) is 8.71. The quantitative estimate of drug-likeness (QED) is 0.745. The normalized spacial score (nSPS) is 19.8. The Balaban J connectivity index is 1.69. The van der Waals surface area contributed by atoms with Crippen molar-refractivity contribution in [3.63, 3.8) is 0 Å². The Bertz CT molecular complexity index is 996. The number of carbonyl (C=O) groups is 2. The van der Waals surface area contributed by atoms with Crippen LogP contribution < -0.4 is 10.6 Å². The van der Waals surface area contributed by atoms with Crippen LogP contribution in [-0.2, 0) is 6.18 Å². The zero-order valence-electron chi connectivity index (χ0n) is 14.8. The van der Waals surface area contributed by atoms with Gasteiger partial charge in [0.2, 0.25) is 0 Å². The van der Waals surface area contributed by atoms with Crippen molar-refractivity contribution < 1.29 is 27.2 Å². The lowest BCUT2D eigenvalue weighted by Crippen LogP contribution is -2.26. The Labute approximate surface area is 157 Å². The summed E-state index contributed by atoms with van der Waals surface area (Å²) in [6, 6.07) is 6.20. The van der Waals surface area contributed by atoms with Crippen molar-refractivity contribution in [1.82, 2.24) is 5.32 Å². The van der Waals surface area contributed by atoms with Gasteiger partial charge < -0.3 is 10.6 Å². The van der Waals surface area contributed by atoms with Gasteiger partial charge in [-0.25, -0.2) is 4.39 Å². The summed E-state index contributed by atoms with van der Waals surface area (Å²) in [5.74, 6) is -2.29. The summed E-state index contributed by atoms with van der Waals surface area (Å²) in [4.78, 5) is 24.8. The number of carbonyl (C=O) groups excluding carboxylic acids is 2. The molecule has 2 N–H and O–H groups in total. The van der Waals surface area contributed by atoms with Gasteiger partial charge in [0, 0.05) is 22.4 Å². The number of amides is 2. The Morgan fingerprint density at radius 2 is 1.93 bits per heavy atom. The van der Waals surface area contributed by atoms with Crippen LogP contribution in [0, 0.1) is 11.2 Å². The molecule has 0 bridgehead atoms. The van der Waals surface area contributed by atoms with E-state index in [1.165, 1.54) is 0 Å². The van der Waals surface area contributed by atoms with Crippen molar-refractivity contribution in [3.05, 3.63) is 64.5 Å². The summed E-state index contributed by atoms with van der Waals surface area (Å²) in [7, 11) is 0. The van der Waals surface area contributed by atoms with E-state index in [-0.39, 0.29) is 17.4 Å². The standard InChI is InChI=1S/C20H16F4N2O2/c1-19(5-6-19)16-15-13(18(28)26-16)3-2-4-14(15)25-17(27)10-7-11(20(22,23)24)9-12(21)8-10/h2-4,7-9,16H,5-6H2,1H3,(H,25,27)(H,26,28). The number of hydrogen-bond donors (Lipinski definition) is 2. The summed E-state index contributed by atoms with van der Waals surface area (Å²) < 4.78 is 52.3. The number of fused-ring (bicyclic) bond motifs is 1. The predicted molar refractivity (Wildman–Crippen MR) is 93.3 cm³/mol. The van der Waals surface area contributed by atoms with Crippen molar-refractivity contribution in [2.75, 3.05) is 5.32 Å². The van der Waals surface area contributed by atoms with E-state index < -0.39 is 29.0 Å². The van der Waals surface area contributed by atoms with Gasteiger partial charge in [0.25, 0.3) is 11.8 Å². The maximum Gasteiger partial charge on any atom is 0.416 e. The summed E-state index contributed by atoms with van der Waals surface area (Å²) in [5.41, 5.74) is -0.437. The fraction of sp³-hybridized carbons (Fsp3) is 0.300. The third-order valence-electron chi connectivity index (χ3n) is 5.39. The molecule has 0 radical (unpaired) electrons. The van der Waals surface area contributed by atoms with Crippen LogP contribution in [-0.4, -0.2) is 11.8 Å². The third-order valence-corrected chi connectivity index (χ3v) is 5.39. The molecule has 2 amide bonds. The maximum atomic E-state index is 13.6. The van der Waals surface area contributed by atoms with Gasteiger partial charge in [-0.05, 0) is 48.6 Å². The number of benzene rings is 2. The van der Waals surface area contributed by atoms with Gasteiger partial charge in [-0.15, -0.1) is 0 Å². The summed E-state index contributed by atoms with van der Waals surface area (Å²) in [6.07, 6.45) is -2.94. The van der Waals surface area contributed by atoms with Gasteiger partial charge in [-0.2, -0.15) is 13.2 Å². The highest BCUT2D eigenvalue weighted by Crippen LogP contribution is 2.57. The van der Waals surface area contributed by atoms with Crippen molar-refractivity contribution in [2.24, 2.45) is 5.41 Å². The molecule has 4 nitrogen and oxygen atoms in total. The van der Waals surface area contributed by atoms with Crippen molar-refractivity contribution in [1.29, 1.82) is 0 Å². The second-order valence-corrected chi connectivity index (χ2v) is 7.51. The zero-order chi connectivity index (χ0) is 20.3. The molecule has 1 fully saturated rings. The van der Waals surface area contributed by atoms with Gasteiger partial charge in [-0.3, -0.25) is 9.59 Å². The van der Waals surface area contributed by atoms with E-state index in [0.29, 0.717) is 28.9 Å². The average Bonchev–Trinajstić information content (AvgIpc) is 3.27. The molecule has 0 saturated heterocycles. The minimum absolute atomic E-state index is 0.121. The van der Waals surface area contributed by atoms with Gasteiger partial charge in [0.1, 0.15) is 5.82 Å². The zero-order valence-corrected chi connectivity index (χ0v) is 14.8. The molecule has 0 aromatic heterocycles. The predicted octanol–water partition coefficient (Wildman–Crippen LogP) is 4.68. The number of rotatable bonds is 3. The van der Waals surface area contributed by atoms with Gasteiger partial charge in [0.15, 0.2) is 0 Å². The molecule has 2 aliphatic rings. The smallest absolute Gasteiger partial charge is 0.345 e. The number of alkyl halides is 3. The Morgan fingerprint density at radius 1 is 1.21 bits per heavy atom. The van der Waals surface area contributed by atoms with Crippen LogP contribution in [0.3, 0.4) is 0 Å². The molecule has 28 heavy (non-hydrogen) atoms. The number of hydrogen-bond acceptors (Lipinski definition) is 2. The molecule has 2 aromatic rings. The van der Waals surface area contributed by atoms with Crippen molar-refractivity contribution >= 4 is 17.5 Å². The van der Waals surface area contributed by atoms with E-state index in [0.717, 1.165) is 18.9 Å². The Kier molecular flexibility index (Phi) is 3.99. The fourth-order valence-electron chi connectivity index (χ4n) is 3.55. The number of halogens is 4. The highest BCUT2D eigenvalue weighted by Gasteiger charge is 2.50. The lowest BCUT2D eigenvalue weighted by Gasteiger charge is -2.22. The molecule has 4 rings (SSSR count). The van der Waals surface area contributed by atoms with Crippen LogP contribution in [0.4, 0.5) is 23.2 Å². The average molecular weight is 392 g/mol. The maximum absolute atomic E-state index is 13.6. The van der Waals surface area contributed by atoms with E-state index in [9.17, 15) is 27.2 Å². The first-order valence-electron chi connectivity index (χ1n) is 8.71. The lowest BCUT2D eigenvalue weighted by atomic mass is 9.90. The molecule has 1 aliphatic heterocycles. The Morgan fingerprint density at radius 3 is 2.57 bits per heavy atom. The molecular formula is C20H16F4N2O2.